The molecule has 0 saturated carbocycles. The van der Waals surface area contributed by atoms with E-state index in [-0.39, 0.29) is 21.6 Å². The fourth-order valence-electron chi connectivity index (χ4n) is 1.56. The summed E-state index contributed by atoms with van der Waals surface area (Å²) in [7, 11) is 0. The van der Waals surface area contributed by atoms with Crippen LogP contribution in [-0.4, -0.2) is 14.9 Å². The van der Waals surface area contributed by atoms with Gasteiger partial charge in [-0.25, -0.2) is 4.98 Å². The molecule has 18 heavy (non-hydrogen) atoms. The molecule has 0 aliphatic rings. The van der Waals surface area contributed by atoms with Crippen molar-refractivity contribution >= 4 is 28.3 Å². The van der Waals surface area contributed by atoms with E-state index < -0.39 is 22.6 Å². The van der Waals surface area contributed by atoms with Crippen molar-refractivity contribution < 1.29 is 18.1 Å². The quantitative estimate of drug-likeness (QED) is 0.642. The van der Waals surface area contributed by atoms with E-state index in [9.17, 15) is 23.3 Å². The third-order valence-corrected chi connectivity index (χ3v) is 2.78. The number of hydrogen-bond donors (Lipinski definition) is 1. The zero-order valence-electron chi connectivity index (χ0n) is 8.80. The average Bonchev–Trinajstić information content (AvgIpc) is 2.61. The van der Waals surface area contributed by atoms with E-state index in [2.05, 4.69) is 4.98 Å². The van der Waals surface area contributed by atoms with Gasteiger partial charge in [-0.1, -0.05) is 11.6 Å². The number of alkyl halides is 3. The topological polar surface area (TPSA) is 71.8 Å². The molecule has 0 atom stereocenters. The van der Waals surface area contributed by atoms with E-state index in [1.54, 1.807) is 0 Å². The van der Waals surface area contributed by atoms with E-state index in [1.165, 1.54) is 13.0 Å². The zero-order chi connectivity index (χ0) is 13.7. The number of halogens is 4. The van der Waals surface area contributed by atoms with Crippen molar-refractivity contribution in [3.63, 3.8) is 0 Å². The molecule has 0 aliphatic carbocycles. The van der Waals surface area contributed by atoms with Gasteiger partial charge in [0.25, 0.3) is 0 Å². The second-order valence-electron chi connectivity index (χ2n) is 3.57. The van der Waals surface area contributed by atoms with Gasteiger partial charge in [0.2, 0.25) is 5.82 Å². The summed E-state index contributed by atoms with van der Waals surface area (Å²) in [5.74, 6) is -1.29. The Bertz CT molecular complexity index is 651. The highest BCUT2D eigenvalue weighted by Gasteiger charge is 2.36. The Morgan fingerprint density at radius 3 is 2.61 bits per heavy atom. The Morgan fingerprint density at radius 2 is 2.11 bits per heavy atom. The Kier molecular flexibility index (Phi) is 2.69. The maximum atomic E-state index is 12.5. The predicted molar refractivity (Wildman–Crippen MR) is 57.5 cm³/mol. The van der Waals surface area contributed by atoms with Crippen molar-refractivity contribution in [3.8, 4) is 0 Å². The maximum Gasteiger partial charge on any atom is 0.449 e. The molecule has 1 N–H and O–H groups in total. The van der Waals surface area contributed by atoms with Crippen LogP contribution >= 0.6 is 11.6 Å². The highest BCUT2D eigenvalue weighted by molar-refractivity contribution is 6.32. The van der Waals surface area contributed by atoms with Crippen LogP contribution in [0.2, 0.25) is 5.02 Å². The molecule has 96 valence electrons. The molecule has 2 aromatic rings. The number of hydrogen-bond acceptors (Lipinski definition) is 3. The van der Waals surface area contributed by atoms with Crippen LogP contribution in [0.15, 0.2) is 6.07 Å². The third kappa shape index (κ3) is 1.88. The van der Waals surface area contributed by atoms with E-state index >= 15 is 0 Å². The van der Waals surface area contributed by atoms with E-state index in [4.69, 9.17) is 11.6 Å². The highest BCUT2D eigenvalue weighted by atomic mass is 35.5. The van der Waals surface area contributed by atoms with Gasteiger partial charge in [0.15, 0.2) is 5.52 Å². The number of aromatic amines is 1. The van der Waals surface area contributed by atoms with Crippen molar-refractivity contribution in [2.45, 2.75) is 13.1 Å². The number of imidazole rings is 1. The van der Waals surface area contributed by atoms with Crippen LogP contribution in [0.5, 0.6) is 0 Å². The molecule has 0 aliphatic heterocycles. The minimum absolute atomic E-state index is 0.00609. The highest BCUT2D eigenvalue weighted by Crippen LogP contribution is 2.36. The number of nitrogens with zero attached hydrogens (tertiary/aromatic N) is 2. The number of fused-ring (bicyclic) bond motifs is 1. The van der Waals surface area contributed by atoms with E-state index in [1.807, 2.05) is 4.98 Å². The lowest BCUT2D eigenvalue weighted by Gasteiger charge is -1.99. The Morgan fingerprint density at radius 1 is 1.50 bits per heavy atom. The summed E-state index contributed by atoms with van der Waals surface area (Å²) in [5.41, 5.74) is -0.919. The van der Waals surface area contributed by atoms with Crippen molar-refractivity contribution in [1.82, 2.24) is 9.97 Å². The Hall–Kier alpha value is -1.83. The second-order valence-corrected chi connectivity index (χ2v) is 3.98. The monoisotopic (exact) mass is 279 g/mol. The number of nitro benzene ring substituents is 1. The summed E-state index contributed by atoms with van der Waals surface area (Å²) in [6, 6.07) is 1.18. The van der Waals surface area contributed by atoms with Gasteiger partial charge in [0, 0.05) is 5.56 Å². The van der Waals surface area contributed by atoms with Gasteiger partial charge in [-0.2, -0.15) is 13.2 Å². The van der Waals surface area contributed by atoms with Crippen LogP contribution in [0, 0.1) is 17.0 Å². The number of rotatable bonds is 1. The van der Waals surface area contributed by atoms with Gasteiger partial charge in [0.05, 0.1) is 15.5 Å². The number of H-pyrrole nitrogens is 1. The van der Waals surface area contributed by atoms with Gasteiger partial charge >= 0.3 is 11.9 Å². The van der Waals surface area contributed by atoms with Gasteiger partial charge < -0.3 is 4.98 Å². The van der Waals surface area contributed by atoms with Crippen molar-refractivity contribution in [3.05, 3.63) is 32.6 Å². The molecule has 1 aromatic carbocycles. The molecule has 1 aromatic heterocycles. The first-order valence-corrected chi connectivity index (χ1v) is 5.00. The van der Waals surface area contributed by atoms with Crippen LogP contribution in [0.1, 0.15) is 11.4 Å². The van der Waals surface area contributed by atoms with Gasteiger partial charge in [-0.15, -0.1) is 0 Å². The zero-order valence-corrected chi connectivity index (χ0v) is 9.56. The van der Waals surface area contributed by atoms with Gasteiger partial charge in [-0.05, 0) is 13.0 Å². The fraction of sp³-hybridized carbons (Fsp3) is 0.222. The van der Waals surface area contributed by atoms with Crippen LogP contribution in [0.3, 0.4) is 0 Å². The lowest BCUT2D eigenvalue weighted by molar-refractivity contribution is -0.383. The summed E-state index contributed by atoms with van der Waals surface area (Å²) in [4.78, 5) is 15.3. The molecule has 0 spiro atoms. The molecular formula is C9H5ClF3N3O2. The SMILES string of the molecule is Cc1c(Cl)cc2[nH]c(C(F)(F)F)nc2c1[N+](=O)[O-]. The number of aromatic nitrogens is 2. The first kappa shape index (κ1) is 12.6. The van der Waals surface area contributed by atoms with Crippen LogP contribution in [-0.2, 0) is 6.18 Å². The minimum atomic E-state index is -4.70. The molecular weight excluding hydrogens is 275 g/mol. The molecule has 2 rings (SSSR count). The third-order valence-electron chi connectivity index (χ3n) is 2.39. The molecule has 0 amide bonds. The Labute approximate surface area is 103 Å². The summed E-state index contributed by atoms with van der Waals surface area (Å²) in [6.07, 6.45) is -4.70. The Balaban J connectivity index is 2.84. The predicted octanol–water partition coefficient (Wildman–Crippen LogP) is 3.45. The van der Waals surface area contributed by atoms with Gasteiger partial charge in [0.1, 0.15) is 0 Å². The summed E-state index contributed by atoms with van der Waals surface area (Å²) >= 11 is 5.73. The lowest BCUT2D eigenvalue weighted by atomic mass is 10.2. The number of benzene rings is 1. The standard InChI is InChI=1S/C9H5ClF3N3O2/c1-3-4(10)2-5-6(7(3)16(17)18)15-8(14-5)9(11,12)13/h2H,1H3,(H,14,15). The van der Waals surface area contributed by atoms with E-state index in [0.29, 0.717) is 0 Å². The van der Waals surface area contributed by atoms with Crippen molar-refractivity contribution in [1.29, 1.82) is 0 Å². The molecule has 0 bridgehead atoms. The van der Waals surface area contributed by atoms with Crippen molar-refractivity contribution in [2.75, 3.05) is 0 Å². The van der Waals surface area contributed by atoms with Crippen molar-refractivity contribution in [2.24, 2.45) is 0 Å². The molecule has 5 nitrogen and oxygen atoms in total. The molecule has 1 heterocycles. The second kappa shape index (κ2) is 3.84. The van der Waals surface area contributed by atoms with Crippen LogP contribution < -0.4 is 0 Å². The number of nitrogens with one attached hydrogen (secondary N) is 1. The average molecular weight is 280 g/mol. The smallest absolute Gasteiger partial charge is 0.334 e. The summed E-state index contributed by atoms with van der Waals surface area (Å²) < 4.78 is 37.4. The normalized spacial score (nSPS) is 12.1. The van der Waals surface area contributed by atoms with Crippen LogP contribution in [0.4, 0.5) is 18.9 Å². The molecule has 0 radical (unpaired) electrons. The molecule has 0 unspecified atom stereocenters. The summed E-state index contributed by atoms with van der Waals surface area (Å²) in [5, 5.41) is 10.9. The molecule has 0 fully saturated rings. The van der Waals surface area contributed by atoms with Crippen LogP contribution in [0.25, 0.3) is 11.0 Å². The first-order chi connectivity index (χ1) is 8.21. The summed E-state index contributed by atoms with van der Waals surface area (Å²) in [6.45, 7) is 1.35. The van der Waals surface area contributed by atoms with Gasteiger partial charge in [-0.3, -0.25) is 10.1 Å². The minimum Gasteiger partial charge on any atom is -0.334 e. The lowest BCUT2D eigenvalue weighted by Crippen LogP contribution is -2.06. The molecule has 9 heteroatoms. The number of nitro groups is 1. The van der Waals surface area contributed by atoms with E-state index in [0.717, 1.165) is 0 Å². The maximum absolute atomic E-state index is 12.5. The fourth-order valence-corrected chi connectivity index (χ4v) is 1.75. The largest absolute Gasteiger partial charge is 0.449 e. The molecule has 0 saturated heterocycles. The first-order valence-electron chi connectivity index (χ1n) is 4.62.